The Hall–Kier alpha value is -8.45. The van der Waals surface area contributed by atoms with Gasteiger partial charge in [-0.05, 0) is 178 Å². The second-order valence-corrected chi connectivity index (χ2v) is 36.4. The van der Waals surface area contributed by atoms with Crippen LogP contribution in [0.4, 0.5) is 33.3 Å². The second kappa shape index (κ2) is 44.0. The number of aliphatic hydroxyl groups is 2. The Labute approximate surface area is 719 Å². The van der Waals surface area contributed by atoms with Gasteiger partial charge in [0.25, 0.3) is 11.8 Å². The molecule has 25 nitrogen and oxygen atoms in total. The molecule has 2 saturated carbocycles. The van der Waals surface area contributed by atoms with E-state index in [1.807, 2.05) is 66.8 Å². The van der Waals surface area contributed by atoms with E-state index in [0.717, 1.165) is 109 Å². The molecule has 4 aromatic carbocycles. The lowest BCUT2D eigenvalue weighted by Gasteiger charge is -2.35. The van der Waals surface area contributed by atoms with Gasteiger partial charge in [0.15, 0.2) is 40.3 Å². The number of thiazole rings is 2. The van der Waals surface area contributed by atoms with Gasteiger partial charge in [-0.2, -0.15) is 0 Å². The van der Waals surface area contributed by atoms with Crippen LogP contribution in [0.3, 0.4) is 0 Å². The van der Waals surface area contributed by atoms with Gasteiger partial charge in [-0.3, -0.25) is 43.2 Å². The Morgan fingerprint density at radius 2 is 1.05 bits per heavy atom. The molecule has 2 aliphatic carbocycles. The summed E-state index contributed by atoms with van der Waals surface area (Å²) in [5.41, 5.74) is 7.41. The number of anilines is 2. The molecular weight excluding hydrogens is 1710 g/mol. The predicted molar refractivity (Wildman–Crippen MR) is 456 cm³/mol. The zero-order chi connectivity index (χ0) is 87.2. The average Bonchev–Trinajstić information content (AvgIpc) is 1.65. The van der Waals surface area contributed by atoms with Crippen molar-refractivity contribution in [1.29, 1.82) is 0 Å². The molecule has 4 aliphatic rings. The van der Waals surface area contributed by atoms with Crippen LogP contribution in [0.5, 0.6) is 11.5 Å². The molecule has 0 radical (unpaired) electrons. The zero-order valence-corrected chi connectivity index (χ0v) is 73.2. The van der Waals surface area contributed by atoms with E-state index in [4.69, 9.17) is 19.9 Å². The van der Waals surface area contributed by atoms with Crippen molar-refractivity contribution in [2.75, 3.05) is 64.5 Å². The van der Waals surface area contributed by atoms with E-state index in [2.05, 4.69) is 41.9 Å². The fraction of sp³-hybridized carbons (Fsp3) is 0.552. The van der Waals surface area contributed by atoms with Crippen LogP contribution in [0.25, 0.3) is 20.9 Å². The summed E-state index contributed by atoms with van der Waals surface area (Å²) in [6.45, 7) is 15.8. The van der Waals surface area contributed by atoms with Crippen molar-refractivity contribution in [2.24, 2.45) is 16.6 Å². The van der Waals surface area contributed by atoms with Crippen LogP contribution in [0.1, 0.15) is 196 Å². The lowest BCUT2D eigenvalue weighted by atomic mass is 9.85. The van der Waals surface area contributed by atoms with Crippen LogP contribution in [0, 0.1) is 45.7 Å². The van der Waals surface area contributed by atoms with Crippen LogP contribution in [0.15, 0.2) is 77.8 Å². The number of nitrogens with zero attached hydrogens (tertiary/aromatic N) is 4. The number of β-amino-alcohol motifs (C(OH)–C–C–N with tert-alkyl or cyclic N) is 2. The van der Waals surface area contributed by atoms with E-state index < -0.39 is 123 Å². The molecule has 4 heterocycles. The van der Waals surface area contributed by atoms with Gasteiger partial charge in [-0.1, -0.05) is 104 Å². The lowest BCUT2D eigenvalue weighted by Crippen LogP contribution is -2.59. The average molecular weight is 1820 g/mol. The van der Waals surface area contributed by atoms with Crippen LogP contribution in [0.2, 0.25) is 0 Å². The summed E-state index contributed by atoms with van der Waals surface area (Å²) < 4.78 is 90.6. The molecule has 2 saturated heterocycles. The van der Waals surface area contributed by atoms with Crippen LogP contribution < -0.4 is 47.1 Å². The molecule has 6 aromatic rings. The Kier molecular flexibility index (Phi) is 35.0. The number of benzene rings is 4. The third-order valence-electron chi connectivity index (χ3n) is 21.5. The molecule has 120 heavy (non-hydrogen) atoms. The van der Waals surface area contributed by atoms with Crippen molar-refractivity contribution >= 4 is 109 Å². The second-order valence-electron chi connectivity index (χ2n) is 33.5. The Morgan fingerprint density at radius 1 is 0.592 bits per heavy atom. The minimum Gasteiger partial charge on any atom is -0.485 e. The van der Waals surface area contributed by atoms with Gasteiger partial charge in [-0.15, -0.1) is 22.7 Å². The third kappa shape index (κ3) is 27.3. The lowest BCUT2D eigenvalue weighted by molar-refractivity contribution is -0.145. The van der Waals surface area contributed by atoms with E-state index in [9.17, 15) is 75.3 Å². The van der Waals surface area contributed by atoms with Gasteiger partial charge in [0, 0.05) is 78.7 Å². The summed E-state index contributed by atoms with van der Waals surface area (Å²) in [7, 11) is 0. The fourth-order valence-corrected chi connectivity index (χ4v) is 16.1. The SMILES string of the molecule is Cc1ncsc1-c1ccc(CNC(=O)C2C[C@@H](O)CN2C(=O)[C@@H](NC(=O)C2(F)CC2)C(C)(C)C)c(OCC(=O)CCCCCCCN)c1.Cc1ncsc1-c1ccc(CNC(=O)C2C[C@@H](O)CN2C(=O)[C@@H](NC(=O)C2(F)CC2)C(C)(C)C)c(OCC(=O)CCCCCCCNCCCOCC(=O)c2ccc(F)c(F)c2Nc2ccc(I)cc2F)c1. The molecular formula is C87H113F5IN11O14S2. The Bertz CT molecular complexity index is 4570. The number of aromatic nitrogens is 2. The van der Waals surface area contributed by atoms with E-state index in [-0.39, 0.29) is 114 Å². The number of rotatable bonds is 44. The van der Waals surface area contributed by atoms with E-state index in [1.165, 1.54) is 44.6 Å². The first-order valence-corrected chi connectivity index (χ1v) is 43.9. The number of unbranched alkanes of at least 4 members (excludes halogenated alkanes) is 8. The number of aliphatic hydroxyl groups excluding tert-OH is 2. The molecule has 6 atom stereocenters. The van der Waals surface area contributed by atoms with Crippen molar-refractivity contribution < 1.29 is 89.5 Å². The number of alkyl halides is 2. The van der Waals surface area contributed by atoms with Gasteiger partial charge in [0.05, 0.1) is 55.7 Å². The first-order valence-electron chi connectivity index (χ1n) is 41.1. The number of hydrogen-bond acceptors (Lipinski definition) is 21. The van der Waals surface area contributed by atoms with Gasteiger partial charge in [0.1, 0.15) is 61.3 Å². The molecule has 654 valence electrons. The number of carbonyl (C=O) groups excluding carboxylic acids is 9. The molecule has 0 bridgehead atoms. The number of likely N-dealkylation sites (tertiary alicyclic amines) is 2. The number of Topliss-reactive ketones (excluding diaryl/α,β-unsaturated/α-hetero) is 3. The maximum atomic E-state index is 14.7. The van der Waals surface area contributed by atoms with Crippen LogP contribution in [-0.2, 0) is 56.2 Å². The smallest absolute Gasteiger partial charge is 0.258 e. The molecule has 2 aromatic heterocycles. The molecule has 2 aliphatic heterocycles. The van der Waals surface area contributed by atoms with Crippen LogP contribution in [-0.4, -0.2) is 190 Å². The number of halogens is 6. The first kappa shape index (κ1) is 95.4. The summed E-state index contributed by atoms with van der Waals surface area (Å²) in [5, 5.41) is 37.9. The number of nitrogens with one attached hydrogen (secondary N) is 6. The zero-order valence-electron chi connectivity index (χ0n) is 69.4. The van der Waals surface area contributed by atoms with Crippen molar-refractivity contribution in [3.8, 4) is 32.4 Å². The molecule has 6 amide bonds. The number of aryl methyl sites for hydroxylation is 2. The molecule has 10 N–H and O–H groups in total. The highest BCUT2D eigenvalue weighted by Crippen LogP contribution is 2.43. The normalized spacial score (nSPS) is 17.6. The number of ketones is 3. The largest absolute Gasteiger partial charge is 0.485 e. The Morgan fingerprint density at radius 3 is 1.49 bits per heavy atom. The summed E-state index contributed by atoms with van der Waals surface area (Å²) in [5.74, 6) is -6.80. The Balaban J connectivity index is 0.000000296. The number of carbonyl (C=O) groups is 9. The fourth-order valence-electron chi connectivity index (χ4n) is 14.0. The van der Waals surface area contributed by atoms with Crippen LogP contribution >= 0.6 is 45.3 Å². The summed E-state index contributed by atoms with van der Waals surface area (Å²) in [4.78, 5) is 132. The quantitative estimate of drug-likeness (QED) is 0.00742. The topological polar surface area (TPSA) is 352 Å². The summed E-state index contributed by atoms with van der Waals surface area (Å²) >= 11 is 4.88. The van der Waals surface area contributed by atoms with Crippen molar-refractivity contribution in [1.82, 2.24) is 46.4 Å². The minimum atomic E-state index is -2.00. The van der Waals surface area contributed by atoms with Gasteiger partial charge < -0.3 is 71.9 Å². The highest BCUT2D eigenvalue weighted by atomic mass is 127. The van der Waals surface area contributed by atoms with Crippen molar-refractivity contribution in [3.05, 3.63) is 127 Å². The van der Waals surface area contributed by atoms with E-state index in [0.29, 0.717) is 65.0 Å². The van der Waals surface area contributed by atoms with E-state index in [1.54, 1.807) is 64.7 Å². The van der Waals surface area contributed by atoms with Gasteiger partial charge in [0.2, 0.25) is 23.6 Å². The molecule has 0 spiro atoms. The predicted octanol–water partition coefficient (Wildman–Crippen LogP) is 12.6. The van der Waals surface area contributed by atoms with Gasteiger partial charge >= 0.3 is 0 Å². The molecule has 2 unspecified atom stereocenters. The standard InChI is InChI=1S/C52H63F4IN6O8S.C35H50FN5O6S/c1-31-46(72-30-60-31)32-12-13-33(26-59-48(67)41-25-36(65)27-63(41)49(68)47(51(2,3)4)62-50(69)52(56)18-19-52)43(23-32)71-28-35(64)11-8-6-5-7-9-20-58-21-10-22-70-29-42(66)37-15-16-38(53)44(55)45(37)61-40-17-14-34(57)24-39(40)54;1-22-29(48-21-39-22)23-11-12-24(28(16-23)47-20-25(42)10-8-6-5-7-9-15-37)18-38-31(44)27-17-26(43)19-41(27)32(45)30(34(2,3)4)40-33(46)35(36)13-14-35/h12-17,23-24,30,36,41,47,58,61,65H,5-11,18-22,25-29H2,1-4H3,(H,59,67)(H,62,69);11-12,16,21,26-27,30,43H,5-10,13-15,17-20,37H2,1-4H3,(H,38,44)(H,40,46)/t36-,41?,47-;26-,27?,30-/m11/s1. The van der Waals surface area contributed by atoms with E-state index >= 15 is 0 Å². The summed E-state index contributed by atoms with van der Waals surface area (Å²) in [6.07, 6.45) is 8.98. The minimum absolute atomic E-state index is 0.00624. The highest BCUT2D eigenvalue weighted by molar-refractivity contribution is 14.1. The van der Waals surface area contributed by atoms with Crippen molar-refractivity contribution in [3.63, 3.8) is 0 Å². The number of nitrogens with two attached hydrogens (primary N) is 1. The van der Waals surface area contributed by atoms with Gasteiger partial charge in [-0.25, -0.2) is 31.9 Å². The maximum absolute atomic E-state index is 14.7. The highest BCUT2D eigenvalue weighted by Gasteiger charge is 2.55. The number of hydrogen-bond donors (Lipinski definition) is 9. The summed E-state index contributed by atoms with van der Waals surface area (Å²) in [6, 6.07) is 13.0. The maximum Gasteiger partial charge on any atom is 0.258 e. The molecule has 4 fully saturated rings. The first-order chi connectivity index (χ1) is 57.0. The monoisotopic (exact) mass is 1820 g/mol. The third-order valence-corrected chi connectivity index (χ3v) is 24.1. The molecule has 33 heteroatoms. The van der Waals surface area contributed by atoms with Crippen molar-refractivity contribution in [2.45, 2.75) is 238 Å². The number of ether oxygens (including phenoxy) is 3. The number of amides is 6. The molecule has 10 rings (SSSR count).